The second-order valence-corrected chi connectivity index (χ2v) is 7.43. The Morgan fingerprint density at radius 1 is 0.909 bits per heavy atom. The first-order chi connectivity index (χ1) is 15.6. The van der Waals surface area contributed by atoms with Crippen LogP contribution in [0.15, 0.2) is 71.7 Å². The second kappa shape index (κ2) is 10.2. The van der Waals surface area contributed by atoms with E-state index in [9.17, 15) is 27.6 Å². The maximum Gasteiger partial charge on any atom is 0.416 e. The first-order valence-corrected chi connectivity index (χ1v) is 10.1. The van der Waals surface area contributed by atoms with Crippen molar-refractivity contribution >= 4 is 11.8 Å². The highest BCUT2D eigenvalue weighted by molar-refractivity contribution is 5.95. The van der Waals surface area contributed by atoms with Crippen LogP contribution < -0.4 is 16.2 Å². The molecule has 0 saturated carbocycles. The van der Waals surface area contributed by atoms with Crippen molar-refractivity contribution in [3.05, 3.63) is 105 Å². The molecule has 0 unspecified atom stereocenters. The number of aromatic nitrogens is 1. The highest BCUT2D eigenvalue weighted by atomic mass is 19.4. The van der Waals surface area contributed by atoms with Gasteiger partial charge in [0, 0.05) is 24.8 Å². The monoisotopic (exact) mass is 457 g/mol. The molecule has 6 nitrogen and oxygen atoms in total. The summed E-state index contributed by atoms with van der Waals surface area (Å²) in [6, 6.07) is 14.5. The van der Waals surface area contributed by atoms with Crippen molar-refractivity contribution in [3.63, 3.8) is 0 Å². The first-order valence-electron chi connectivity index (χ1n) is 10.1. The summed E-state index contributed by atoms with van der Waals surface area (Å²) in [6.07, 6.45) is -2.87. The number of hydrogen-bond donors (Lipinski definition) is 2. The number of aryl methyl sites for hydroxylation is 1. The Morgan fingerprint density at radius 2 is 1.58 bits per heavy atom. The quantitative estimate of drug-likeness (QED) is 0.534. The minimum atomic E-state index is -4.48. The molecule has 0 aliphatic carbocycles. The molecule has 2 aromatic carbocycles. The van der Waals surface area contributed by atoms with Gasteiger partial charge in [-0.05, 0) is 48.9 Å². The molecule has 172 valence electrons. The second-order valence-electron chi connectivity index (χ2n) is 7.43. The van der Waals surface area contributed by atoms with Gasteiger partial charge in [0.05, 0.1) is 12.1 Å². The van der Waals surface area contributed by atoms with Crippen LogP contribution in [0.4, 0.5) is 13.2 Å². The normalized spacial score (nSPS) is 11.2. The van der Waals surface area contributed by atoms with Gasteiger partial charge in [0.15, 0.2) is 0 Å². The van der Waals surface area contributed by atoms with Crippen LogP contribution in [0.5, 0.6) is 0 Å². The van der Waals surface area contributed by atoms with E-state index in [1.807, 2.05) is 31.2 Å². The highest BCUT2D eigenvalue weighted by Crippen LogP contribution is 2.29. The van der Waals surface area contributed by atoms with E-state index < -0.39 is 29.1 Å². The summed E-state index contributed by atoms with van der Waals surface area (Å²) in [5.41, 5.74) is 0.747. The molecule has 3 rings (SSSR count). The van der Waals surface area contributed by atoms with Crippen LogP contribution in [0, 0.1) is 6.92 Å². The van der Waals surface area contributed by atoms with E-state index in [2.05, 4.69) is 10.6 Å². The molecule has 2 N–H and O–H groups in total. The van der Waals surface area contributed by atoms with Crippen molar-refractivity contribution in [2.45, 2.75) is 19.6 Å². The molecule has 0 bridgehead atoms. The number of rotatable bonds is 7. The number of benzene rings is 2. The van der Waals surface area contributed by atoms with E-state index in [4.69, 9.17) is 0 Å². The summed E-state index contributed by atoms with van der Waals surface area (Å²) >= 11 is 0. The van der Waals surface area contributed by atoms with Gasteiger partial charge in [0.2, 0.25) is 0 Å². The zero-order valence-corrected chi connectivity index (χ0v) is 17.8. The smallest absolute Gasteiger partial charge is 0.350 e. The fraction of sp³-hybridized carbons (Fsp3) is 0.208. The van der Waals surface area contributed by atoms with Gasteiger partial charge in [0.25, 0.3) is 17.4 Å². The first kappa shape index (κ1) is 23.8. The molecular weight excluding hydrogens is 435 g/mol. The third-order valence-corrected chi connectivity index (χ3v) is 4.87. The Bertz CT molecular complexity index is 1200. The summed E-state index contributed by atoms with van der Waals surface area (Å²) in [5, 5.41) is 5.07. The Balaban J connectivity index is 1.53. The van der Waals surface area contributed by atoms with Crippen LogP contribution in [-0.2, 0) is 12.7 Å². The van der Waals surface area contributed by atoms with Gasteiger partial charge >= 0.3 is 6.18 Å². The van der Waals surface area contributed by atoms with Crippen molar-refractivity contribution in [3.8, 4) is 0 Å². The molecule has 9 heteroatoms. The summed E-state index contributed by atoms with van der Waals surface area (Å²) in [4.78, 5) is 37.2. The molecule has 0 aliphatic heterocycles. The van der Waals surface area contributed by atoms with E-state index in [0.717, 1.165) is 35.4 Å². The Hall–Kier alpha value is -3.88. The summed E-state index contributed by atoms with van der Waals surface area (Å²) < 4.78 is 39.2. The fourth-order valence-corrected chi connectivity index (χ4v) is 3.20. The Morgan fingerprint density at radius 3 is 2.21 bits per heavy atom. The number of nitrogens with zero attached hydrogens (tertiary/aromatic N) is 1. The largest absolute Gasteiger partial charge is 0.416 e. The lowest BCUT2D eigenvalue weighted by atomic mass is 10.1. The summed E-state index contributed by atoms with van der Waals surface area (Å²) in [7, 11) is 0. The Kier molecular flexibility index (Phi) is 7.32. The van der Waals surface area contributed by atoms with Gasteiger partial charge in [-0.3, -0.25) is 14.4 Å². The lowest BCUT2D eigenvalue weighted by molar-refractivity contribution is -0.137. The third kappa shape index (κ3) is 6.31. The molecule has 0 spiro atoms. The minimum absolute atomic E-state index is 0.0285. The van der Waals surface area contributed by atoms with Crippen molar-refractivity contribution in [1.29, 1.82) is 0 Å². The van der Waals surface area contributed by atoms with Crippen LogP contribution in [-0.4, -0.2) is 29.5 Å². The minimum Gasteiger partial charge on any atom is -0.350 e. The lowest BCUT2D eigenvalue weighted by Gasteiger charge is -2.10. The van der Waals surface area contributed by atoms with Crippen LogP contribution >= 0.6 is 0 Å². The number of halogens is 3. The number of nitrogens with one attached hydrogen (secondary N) is 2. The molecule has 1 aromatic heterocycles. The molecule has 3 aromatic rings. The summed E-state index contributed by atoms with van der Waals surface area (Å²) in [5.74, 6) is -1.15. The third-order valence-electron chi connectivity index (χ3n) is 4.87. The number of pyridine rings is 1. The SMILES string of the molecule is Cc1cccc(Cn2cccc(C(=O)NCCNC(=O)c3ccc(C(F)(F)F)cc3)c2=O)c1. The van der Waals surface area contributed by atoms with Crippen molar-refractivity contribution in [2.24, 2.45) is 0 Å². The number of hydrogen-bond acceptors (Lipinski definition) is 3. The van der Waals surface area contributed by atoms with E-state index in [1.54, 1.807) is 12.3 Å². The maximum absolute atomic E-state index is 12.7. The zero-order chi connectivity index (χ0) is 24.0. The molecule has 0 radical (unpaired) electrons. The van der Waals surface area contributed by atoms with Crippen molar-refractivity contribution in [2.75, 3.05) is 13.1 Å². The van der Waals surface area contributed by atoms with Gasteiger partial charge in [-0.2, -0.15) is 13.2 Å². The van der Waals surface area contributed by atoms with E-state index in [-0.39, 0.29) is 24.2 Å². The standard InChI is InChI=1S/C24H22F3N3O3/c1-16-4-2-5-17(14-16)15-30-13-3-6-20(23(30)33)22(32)29-12-11-28-21(31)18-7-9-19(10-8-18)24(25,26)27/h2-10,13-14H,11-12,15H2,1H3,(H,28,31)(H,29,32). The molecule has 1 heterocycles. The predicted molar refractivity (Wildman–Crippen MR) is 117 cm³/mol. The highest BCUT2D eigenvalue weighted by Gasteiger charge is 2.30. The molecule has 0 atom stereocenters. The molecule has 0 aliphatic rings. The van der Waals surface area contributed by atoms with Gasteiger partial charge < -0.3 is 15.2 Å². The fourth-order valence-electron chi connectivity index (χ4n) is 3.20. The molecule has 2 amide bonds. The van der Waals surface area contributed by atoms with Gasteiger partial charge in [-0.15, -0.1) is 0 Å². The average molecular weight is 457 g/mol. The molecule has 33 heavy (non-hydrogen) atoms. The topological polar surface area (TPSA) is 80.2 Å². The maximum atomic E-state index is 12.7. The molecule has 0 fully saturated rings. The zero-order valence-electron chi connectivity index (χ0n) is 17.8. The van der Waals surface area contributed by atoms with Gasteiger partial charge in [-0.1, -0.05) is 29.8 Å². The molecular formula is C24H22F3N3O3. The Labute approximate surface area is 188 Å². The number of carbonyl (C=O) groups is 2. The van der Waals surface area contributed by atoms with Crippen LogP contribution in [0.1, 0.15) is 37.4 Å². The van der Waals surface area contributed by atoms with Crippen LogP contribution in [0.2, 0.25) is 0 Å². The lowest BCUT2D eigenvalue weighted by Crippen LogP contribution is -2.37. The van der Waals surface area contributed by atoms with Crippen LogP contribution in [0.25, 0.3) is 0 Å². The van der Waals surface area contributed by atoms with Crippen LogP contribution in [0.3, 0.4) is 0 Å². The average Bonchev–Trinajstić information content (AvgIpc) is 2.77. The van der Waals surface area contributed by atoms with E-state index >= 15 is 0 Å². The van der Waals surface area contributed by atoms with Crippen molar-refractivity contribution < 1.29 is 22.8 Å². The number of carbonyl (C=O) groups excluding carboxylic acids is 2. The van der Waals surface area contributed by atoms with E-state index in [0.29, 0.717) is 6.54 Å². The predicted octanol–water partition coefficient (Wildman–Crippen LogP) is 3.38. The number of amides is 2. The van der Waals surface area contributed by atoms with Crippen molar-refractivity contribution in [1.82, 2.24) is 15.2 Å². The van der Waals surface area contributed by atoms with E-state index in [1.165, 1.54) is 10.6 Å². The molecule has 0 saturated heterocycles. The van der Waals surface area contributed by atoms with Gasteiger partial charge in [-0.25, -0.2) is 0 Å². The summed E-state index contributed by atoms with van der Waals surface area (Å²) in [6.45, 7) is 2.35. The number of alkyl halides is 3. The van der Waals surface area contributed by atoms with Gasteiger partial charge in [0.1, 0.15) is 5.56 Å².